The molecule has 1 aliphatic heterocycles. The minimum absolute atomic E-state index is 0.162. The van der Waals surface area contributed by atoms with E-state index in [9.17, 15) is 18.8 Å². The van der Waals surface area contributed by atoms with Crippen molar-refractivity contribution in [1.82, 2.24) is 4.98 Å². The third-order valence-electron chi connectivity index (χ3n) is 5.12. The monoisotopic (exact) mass is 434 g/mol. The highest BCUT2D eigenvalue weighted by atomic mass is 19.1. The normalized spacial score (nSPS) is 13.4. The fourth-order valence-electron chi connectivity index (χ4n) is 3.55. The molecule has 3 aromatic rings. The maximum absolute atomic E-state index is 13.7. The molecule has 1 fully saturated rings. The van der Waals surface area contributed by atoms with Crippen molar-refractivity contribution in [2.75, 3.05) is 46.6 Å². The number of amides is 2. The van der Waals surface area contributed by atoms with Gasteiger partial charge in [-0.15, -0.1) is 0 Å². The molecular weight excluding hydrogens is 414 g/mol. The van der Waals surface area contributed by atoms with Crippen LogP contribution in [0.1, 0.15) is 5.56 Å². The number of para-hydroxylation sites is 1. The van der Waals surface area contributed by atoms with E-state index < -0.39 is 17.7 Å². The lowest BCUT2D eigenvalue weighted by Crippen LogP contribution is -2.47. The van der Waals surface area contributed by atoms with Gasteiger partial charge < -0.3 is 20.4 Å². The van der Waals surface area contributed by atoms with Gasteiger partial charge in [0.1, 0.15) is 23.5 Å². The quantitative estimate of drug-likeness (QED) is 0.643. The first-order valence-corrected chi connectivity index (χ1v) is 10.0. The Morgan fingerprint density at radius 1 is 0.969 bits per heavy atom. The summed E-state index contributed by atoms with van der Waals surface area (Å²) in [5, 5.41) is 14.4. The average Bonchev–Trinajstić information content (AvgIpc) is 2.81. The second-order valence-electron chi connectivity index (χ2n) is 7.22. The van der Waals surface area contributed by atoms with Crippen LogP contribution in [0.2, 0.25) is 0 Å². The van der Waals surface area contributed by atoms with Crippen LogP contribution >= 0.6 is 0 Å². The summed E-state index contributed by atoms with van der Waals surface area (Å²) in [7, 11) is 0. The van der Waals surface area contributed by atoms with E-state index in [1.807, 2.05) is 23.1 Å². The lowest BCUT2D eigenvalue weighted by Gasteiger charge is -2.37. The number of rotatable bonds is 4. The van der Waals surface area contributed by atoms with Crippen LogP contribution in [-0.4, -0.2) is 37.2 Å². The summed E-state index contributed by atoms with van der Waals surface area (Å²) >= 11 is 0. The summed E-state index contributed by atoms with van der Waals surface area (Å²) in [6, 6.07) is 15.9. The van der Waals surface area contributed by atoms with Crippen LogP contribution in [0, 0.1) is 23.0 Å². The molecule has 2 heterocycles. The van der Waals surface area contributed by atoms with E-state index in [1.54, 1.807) is 0 Å². The van der Waals surface area contributed by atoms with Crippen LogP contribution in [-0.2, 0) is 0 Å². The van der Waals surface area contributed by atoms with Crippen LogP contribution in [0.3, 0.4) is 0 Å². The number of benzene rings is 2. The van der Waals surface area contributed by atoms with Crippen molar-refractivity contribution in [2.24, 2.45) is 0 Å². The number of carbonyl (C=O) groups is 1. The SMILES string of the molecule is N#Cc1cc(NC(=O)Nc2ccc(F)cc2F)cnc1N1CCN(c2ccccc2)CC1. The van der Waals surface area contributed by atoms with Crippen LogP contribution in [0.4, 0.5) is 36.5 Å². The van der Waals surface area contributed by atoms with E-state index in [0.29, 0.717) is 30.5 Å². The Morgan fingerprint density at radius 3 is 2.38 bits per heavy atom. The minimum atomic E-state index is -0.888. The molecule has 4 rings (SSSR count). The van der Waals surface area contributed by atoms with Crippen molar-refractivity contribution in [3.63, 3.8) is 0 Å². The predicted molar refractivity (Wildman–Crippen MR) is 119 cm³/mol. The number of aromatic nitrogens is 1. The number of urea groups is 1. The molecule has 0 spiro atoms. The Labute approximate surface area is 183 Å². The zero-order chi connectivity index (χ0) is 22.5. The number of nitrogens with zero attached hydrogens (tertiary/aromatic N) is 4. The van der Waals surface area contributed by atoms with Gasteiger partial charge in [-0.3, -0.25) is 0 Å². The summed E-state index contributed by atoms with van der Waals surface area (Å²) in [6.45, 7) is 2.99. The maximum Gasteiger partial charge on any atom is 0.323 e. The molecule has 162 valence electrons. The van der Waals surface area contributed by atoms with E-state index in [4.69, 9.17) is 0 Å². The number of hydrogen-bond donors (Lipinski definition) is 2. The topological polar surface area (TPSA) is 84.3 Å². The molecule has 7 nitrogen and oxygen atoms in total. The highest BCUT2D eigenvalue weighted by Crippen LogP contribution is 2.24. The van der Waals surface area contributed by atoms with E-state index in [1.165, 1.54) is 12.3 Å². The number of pyridine rings is 1. The summed E-state index contributed by atoms with van der Waals surface area (Å²) in [5.41, 5.74) is 1.60. The van der Waals surface area contributed by atoms with Gasteiger partial charge in [0.2, 0.25) is 0 Å². The Morgan fingerprint density at radius 2 is 1.69 bits per heavy atom. The van der Waals surface area contributed by atoms with Gasteiger partial charge in [0.25, 0.3) is 0 Å². The van der Waals surface area contributed by atoms with Gasteiger partial charge in [0.05, 0.1) is 23.1 Å². The highest BCUT2D eigenvalue weighted by Gasteiger charge is 2.21. The first-order valence-electron chi connectivity index (χ1n) is 10.0. The van der Waals surface area contributed by atoms with Gasteiger partial charge in [-0.1, -0.05) is 18.2 Å². The van der Waals surface area contributed by atoms with Crippen LogP contribution < -0.4 is 20.4 Å². The van der Waals surface area contributed by atoms with Crippen molar-refractivity contribution >= 4 is 28.9 Å². The third-order valence-corrected chi connectivity index (χ3v) is 5.12. The molecule has 0 atom stereocenters. The molecule has 0 unspecified atom stereocenters. The van der Waals surface area contributed by atoms with Gasteiger partial charge in [0, 0.05) is 37.9 Å². The lowest BCUT2D eigenvalue weighted by molar-refractivity contribution is 0.262. The van der Waals surface area contributed by atoms with Gasteiger partial charge in [0.15, 0.2) is 0 Å². The molecule has 1 aliphatic rings. The third kappa shape index (κ3) is 4.75. The summed E-state index contributed by atoms with van der Waals surface area (Å²) in [4.78, 5) is 20.9. The summed E-state index contributed by atoms with van der Waals surface area (Å²) in [6.07, 6.45) is 1.44. The number of halogens is 2. The second-order valence-corrected chi connectivity index (χ2v) is 7.22. The smallest absolute Gasteiger partial charge is 0.323 e. The molecule has 0 bridgehead atoms. The lowest BCUT2D eigenvalue weighted by atomic mass is 10.2. The Balaban J connectivity index is 1.41. The summed E-state index contributed by atoms with van der Waals surface area (Å²) in [5.74, 6) is -1.08. The van der Waals surface area contributed by atoms with Gasteiger partial charge in [-0.2, -0.15) is 5.26 Å². The van der Waals surface area contributed by atoms with Gasteiger partial charge in [-0.25, -0.2) is 18.6 Å². The highest BCUT2D eigenvalue weighted by molar-refractivity contribution is 5.99. The Bertz CT molecular complexity index is 1160. The molecule has 0 radical (unpaired) electrons. The average molecular weight is 434 g/mol. The van der Waals surface area contributed by atoms with Crippen molar-refractivity contribution in [3.8, 4) is 6.07 Å². The van der Waals surface area contributed by atoms with E-state index in [-0.39, 0.29) is 11.4 Å². The standard InChI is InChI=1S/C23H20F2N6O/c24-17-6-7-21(20(25)13-17)29-23(32)28-18-12-16(14-26)22(27-15-18)31-10-8-30(9-11-31)19-4-2-1-3-5-19/h1-7,12-13,15H,8-11H2,(H2,28,29,32). The molecule has 0 saturated carbocycles. The fraction of sp³-hybridized carbons (Fsp3) is 0.174. The molecule has 0 aliphatic carbocycles. The number of anilines is 4. The van der Waals surface area contributed by atoms with Gasteiger partial charge >= 0.3 is 6.03 Å². The Hall–Kier alpha value is -4.19. The van der Waals surface area contributed by atoms with Crippen molar-refractivity contribution in [2.45, 2.75) is 0 Å². The predicted octanol–water partition coefficient (Wildman–Crippen LogP) is 4.20. The zero-order valence-electron chi connectivity index (χ0n) is 17.1. The minimum Gasteiger partial charge on any atom is -0.368 e. The Kier molecular flexibility index (Phi) is 6.12. The van der Waals surface area contributed by atoms with Crippen molar-refractivity contribution in [1.29, 1.82) is 5.26 Å². The molecule has 1 saturated heterocycles. The molecule has 2 N–H and O–H groups in total. The first-order chi connectivity index (χ1) is 15.5. The molecule has 1 aromatic heterocycles. The molecule has 2 amide bonds. The largest absolute Gasteiger partial charge is 0.368 e. The van der Waals surface area contributed by atoms with E-state index >= 15 is 0 Å². The number of nitrogens with one attached hydrogen (secondary N) is 2. The van der Waals surface area contributed by atoms with E-state index in [0.717, 1.165) is 30.9 Å². The van der Waals surface area contributed by atoms with Crippen LogP contribution in [0.15, 0.2) is 60.8 Å². The van der Waals surface area contributed by atoms with E-state index in [2.05, 4.69) is 38.7 Å². The number of piperazine rings is 1. The summed E-state index contributed by atoms with van der Waals surface area (Å²) < 4.78 is 26.7. The molecular formula is C23H20F2N6O. The maximum atomic E-state index is 13.7. The van der Waals surface area contributed by atoms with Crippen LogP contribution in [0.25, 0.3) is 0 Å². The molecule has 9 heteroatoms. The van der Waals surface area contributed by atoms with Gasteiger partial charge in [-0.05, 0) is 30.3 Å². The molecule has 32 heavy (non-hydrogen) atoms. The zero-order valence-corrected chi connectivity index (χ0v) is 17.1. The number of carbonyl (C=O) groups excluding carboxylic acids is 1. The number of nitriles is 1. The van der Waals surface area contributed by atoms with Crippen molar-refractivity contribution < 1.29 is 13.6 Å². The molecule has 2 aromatic carbocycles. The second kappa shape index (κ2) is 9.31. The van der Waals surface area contributed by atoms with Crippen LogP contribution in [0.5, 0.6) is 0 Å². The first kappa shape index (κ1) is 21.1. The fourth-order valence-corrected chi connectivity index (χ4v) is 3.55. The van der Waals surface area contributed by atoms with Crippen molar-refractivity contribution in [3.05, 3.63) is 78.0 Å². The number of hydrogen-bond acceptors (Lipinski definition) is 5.